The lowest BCUT2D eigenvalue weighted by molar-refractivity contribution is 0.406. The molecule has 3 nitrogen and oxygen atoms in total. The highest BCUT2D eigenvalue weighted by Gasteiger charge is 2.34. The summed E-state index contributed by atoms with van der Waals surface area (Å²) in [6.45, 7) is 8.92. The largest absolute Gasteiger partial charge is 0.371 e. The third kappa shape index (κ3) is 3.65. The molecule has 0 radical (unpaired) electrons. The molecule has 0 amide bonds. The minimum absolute atomic E-state index is 0.532. The van der Waals surface area contributed by atoms with E-state index < -0.39 is 0 Å². The average Bonchev–Trinajstić information content (AvgIpc) is 2.65. The van der Waals surface area contributed by atoms with Gasteiger partial charge in [0, 0.05) is 36.9 Å². The van der Waals surface area contributed by atoms with Gasteiger partial charge >= 0.3 is 0 Å². The van der Waals surface area contributed by atoms with Gasteiger partial charge in [0.15, 0.2) is 0 Å². The maximum atomic E-state index is 6.40. The standard InChI is InChI=1S/C22H27Cl2N3/c1-3-25-12-18-14(2)13-27-9-5-6-15-10-16(11-17(18)22(15)27)26-20-8-4-7-19(23)21(20)24/h4,7-8,10-11,14,18,25-26H,3,5-6,9,12-13H2,1-2H3. The molecule has 0 fully saturated rings. The zero-order valence-corrected chi connectivity index (χ0v) is 17.5. The fraction of sp³-hybridized carbons (Fsp3) is 0.455. The third-order valence-corrected chi connectivity index (χ3v) is 6.67. The van der Waals surface area contributed by atoms with Crippen molar-refractivity contribution in [2.45, 2.75) is 32.6 Å². The Kier molecular flexibility index (Phi) is 5.54. The van der Waals surface area contributed by atoms with Crippen LogP contribution in [0.4, 0.5) is 17.1 Å². The van der Waals surface area contributed by atoms with Crippen molar-refractivity contribution in [2.75, 3.05) is 36.4 Å². The normalized spacial score (nSPS) is 21.1. The summed E-state index contributed by atoms with van der Waals surface area (Å²) in [6.07, 6.45) is 2.36. The Hall–Kier alpha value is -1.42. The molecule has 2 unspecified atom stereocenters. The molecule has 2 aliphatic heterocycles. The van der Waals surface area contributed by atoms with Gasteiger partial charge in [0.1, 0.15) is 0 Å². The molecule has 0 bridgehead atoms. The molecular weight excluding hydrogens is 377 g/mol. The Bertz CT molecular complexity index is 837. The summed E-state index contributed by atoms with van der Waals surface area (Å²) >= 11 is 12.6. The number of aryl methyl sites for hydroxylation is 1. The van der Waals surface area contributed by atoms with Crippen molar-refractivity contribution in [3.63, 3.8) is 0 Å². The molecule has 5 heteroatoms. The molecule has 0 spiro atoms. The summed E-state index contributed by atoms with van der Waals surface area (Å²) in [5, 5.41) is 8.23. The first-order valence-corrected chi connectivity index (χ1v) is 10.7. The van der Waals surface area contributed by atoms with Gasteiger partial charge in [0.25, 0.3) is 0 Å². The van der Waals surface area contributed by atoms with Gasteiger partial charge in [-0.05, 0) is 60.7 Å². The van der Waals surface area contributed by atoms with Crippen molar-refractivity contribution in [3.05, 3.63) is 51.5 Å². The number of benzene rings is 2. The van der Waals surface area contributed by atoms with Crippen LogP contribution in [0.5, 0.6) is 0 Å². The summed E-state index contributed by atoms with van der Waals surface area (Å²) in [5.74, 6) is 1.16. The van der Waals surface area contributed by atoms with Gasteiger partial charge in [-0.15, -0.1) is 0 Å². The van der Waals surface area contributed by atoms with Gasteiger partial charge < -0.3 is 15.5 Å². The zero-order chi connectivity index (χ0) is 19.0. The highest BCUT2D eigenvalue weighted by molar-refractivity contribution is 6.43. The number of anilines is 3. The molecule has 0 aliphatic carbocycles. The van der Waals surface area contributed by atoms with Crippen LogP contribution in [0.15, 0.2) is 30.3 Å². The Labute approximate surface area is 172 Å². The van der Waals surface area contributed by atoms with Crippen LogP contribution in [0.3, 0.4) is 0 Å². The molecular formula is C22H27Cl2N3. The van der Waals surface area contributed by atoms with Crippen molar-refractivity contribution >= 4 is 40.3 Å². The number of nitrogens with zero attached hydrogens (tertiary/aromatic N) is 1. The van der Waals surface area contributed by atoms with E-state index in [1.54, 1.807) is 0 Å². The van der Waals surface area contributed by atoms with Crippen molar-refractivity contribution < 1.29 is 0 Å². The highest BCUT2D eigenvalue weighted by atomic mass is 35.5. The van der Waals surface area contributed by atoms with Crippen molar-refractivity contribution in [1.82, 2.24) is 5.32 Å². The van der Waals surface area contributed by atoms with Gasteiger partial charge in [0.05, 0.1) is 15.7 Å². The molecule has 4 rings (SSSR count). The predicted molar refractivity (Wildman–Crippen MR) is 117 cm³/mol. The van der Waals surface area contributed by atoms with E-state index in [0.717, 1.165) is 37.4 Å². The first kappa shape index (κ1) is 18.9. The van der Waals surface area contributed by atoms with Crippen LogP contribution in [0.25, 0.3) is 0 Å². The number of hydrogen-bond donors (Lipinski definition) is 2. The second-order valence-electron chi connectivity index (χ2n) is 7.74. The first-order valence-electron chi connectivity index (χ1n) is 9.92. The molecule has 144 valence electrons. The van der Waals surface area contributed by atoms with Crippen molar-refractivity contribution in [1.29, 1.82) is 0 Å². The van der Waals surface area contributed by atoms with Crippen molar-refractivity contribution in [3.8, 4) is 0 Å². The van der Waals surface area contributed by atoms with E-state index in [9.17, 15) is 0 Å². The van der Waals surface area contributed by atoms with Crippen LogP contribution in [0.2, 0.25) is 10.0 Å². The fourth-order valence-corrected chi connectivity index (χ4v) is 4.90. The number of nitrogens with one attached hydrogen (secondary N) is 2. The molecule has 0 saturated heterocycles. The maximum Gasteiger partial charge on any atom is 0.0827 e. The quantitative estimate of drug-likeness (QED) is 0.656. The minimum atomic E-state index is 0.532. The summed E-state index contributed by atoms with van der Waals surface area (Å²) in [4.78, 5) is 2.59. The Balaban J connectivity index is 1.75. The lowest BCUT2D eigenvalue weighted by atomic mass is 9.79. The molecule has 2 aromatic rings. The fourth-order valence-electron chi connectivity index (χ4n) is 4.55. The molecule has 2 heterocycles. The number of rotatable bonds is 5. The monoisotopic (exact) mass is 403 g/mol. The zero-order valence-electron chi connectivity index (χ0n) is 16.0. The molecule has 0 aromatic heterocycles. The minimum Gasteiger partial charge on any atom is -0.371 e. The summed E-state index contributed by atoms with van der Waals surface area (Å²) in [7, 11) is 0. The highest BCUT2D eigenvalue weighted by Crippen LogP contribution is 2.45. The molecule has 0 saturated carbocycles. The summed E-state index contributed by atoms with van der Waals surface area (Å²) < 4.78 is 0. The lowest BCUT2D eigenvalue weighted by Crippen LogP contribution is -2.42. The van der Waals surface area contributed by atoms with E-state index in [2.05, 4.69) is 41.5 Å². The van der Waals surface area contributed by atoms with Gasteiger partial charge in [-0.2, -0.15) is 0 Å². The second-order valence-corrected chi connectivity index (χ2v) is 8.53. The molecule has 2 atom stereocenters. The molecule has 27 heavy (non-hydrogen) atoms. The topological polar surface area (TPSA) is 27.3 Å². The van der Waals surface area contributed by atoms with Gasteiger partial charge in [-0.3, -0.25) is 0 Å². The smallest absolute Gasteiger partial charge is 0.0827 e. The predicted octanol–water partition coefficient (Wildman–Crippen LogP) is 5.83. The average molecular weight is 404 g/mol. The Morgan fingerprint density at radius 3 is 2.89 bits per heavy atom. The van der Waals surface area contributed by atoms with Gasteiger partial charge in [0.2, 0.25) is 0 Å². The van der Waals surface area contributed by atoms with Crippen LogP contribution in [0.1, 0.15) is 37.3 Å². The van der Waals surface area contributed by atoms with E-state index >= 15 is 0 Å². The Morgan fingerprint density at radius 1 is 1.22 bits per heavy atom. The number of hydrogen-bond acceptors (Lipinski definition) is 3. The second kappa shape index (κ2) is 7.90. The lowest BCUT2D eigenvalue weighted by Gasteiger charge is -2.44. The van der Waals surface area contributed by atoms with E-state index in [1.807, 2.05) is 18.2 Å². The van der Waals surface area contributed by atoms with E-state index in [1.165, 1.54) is 29.8 Å². The third-order valence-electron chi connectivity index (χ3n) is 5.85. The molecule has 2 N–H and O–H groups in total. The SMILES string of the molecule is CCNCC1c2cc(Nc3cccc(Cl)c3Cl)cc3c2N(CCC3)CC1C. The number of halogens is 2. The van der Waals surface area contributed by atoms with Crippen LogP contribution in [-0.4, -0.2) is 26.2 Å². The molecule has 2 aromatic carbocycles. The molecule has 2 aliphatic rings. The summed E-state index contributed by atoms with van der Waals surface area (Å²) in [6, 6.07) is 10.3. The summed E-state index contributed by atoms with van der Waals surface area (Å²) in [5.41, 5.74) is 6.35. The van der Waals surface area contributed by atoms with Crippen LogP contribution < -0.4 is 15.5 Å². The van der Waals surface area contributed by atoms with Crippen LogP contribution >= 0.6 is 23.2 Å². The number of likely N-dealkylation sites (N-methyl/N-ethyl adjacent to an activating group) is 1. The van der Waals surface area contributed by atoms with Crippen molar-refractivity contribution in [2.24, 2.45) is 5.92 Å². The van der Waals surface area contributed by atoms with Crippen LogP contribution in [0, 0.1) is 5.92 Å². The van der Waals surface area contributed by atoms with E-state index in [4.69, 9.17) is 23.2 Å². The first-order chi connectivity index (χ1) is 13.1. The van der Waals surface area contributed by atoms with Crippen LogP contribution in [-0.2, 0) is 6.42 Å². The van der Waals surface area contributed by atoms with Gasteiger partial charge in [-0.1, -0.05) is 43.1 Å². The van der Waals surface area contributed by atoms with Gasteiger partial charge in [-0.25, -0.2) is 0 Å². The maximum absolute atomic E-state index is 6.40. The Morgan fingerprint density at radius 2 is 2.07 bits per heavy atom. The van der Waals surface area contributed by atoms with E-state index in [-0.39, 0.29) is 0 Å². The van der Waals surface area contributed by atoms with E-state index in [0.29, 0.717) is 21.9 Å².